The quantitative estimate of drug-likeness (QED) is 0.819. The maximum absolute atomic E-state index is 9.00. The summed E-state index contributed by atoms with van der Waals surface area (Å²) in [5.41, 5.74) is 9.76. The number of nitrogens with two attached hydrogens (primary N) is 1. The van der Waals surface area contributed by atoms with Crippen LogP contribution in [0, 0.1) is 11.3 Å². The van der Waals surface area contributed by atoms with Crippen LogP contribution in [-0.4, -0.2) is 13.1 Å². The van der Waals surface area contributed by atoms with E-state index in [-0.39, 0.29) is 0 Å². The van der Waals surface area contributed by atoms with Gasteiger partial charge < -0.3 is 16.0 Å². The van der Waals surface area contributed by atoms with Crippen molar-refractivity contribution in [1.29, 1.82) is 5.26 Å². The van der Waals surface area contributed by atoms with Gasteiger partial charge in [-0.15, -0.1) is 0 Å². The zero-order valence-corrected chi connectivity index (χ0v) is 12.4. The number of rotatable bonds is 5. The van der Waals surface area contributed by atoms with Crippen LogP contribution >= 0.6 is 0 Å². The highest BCUT2D eigenvalue weighted by Gasteiger charge is 2.03. The molecule has 0 bridgehead atoms. The number of hydrogen-bond acceptors (Lipinski definition) is 4. The summed E-state index contributed by atoms with van der Waals surface area (Å²) in [5, 5.41) is 12.3. The second-order valence-corrected chi connectivity index (χ2v) is 4.76. The Morgan fingerprint density at radius 1 is 1.05 bits per heavy atom. The lowest BCUT2D eigenvalue weighted by Crippen LogP contribution is -2.21. The van der Waals surface area contributed by atoms with Crippen molar-refractivity contribution in [3.05, 3.63) is 48.0 Å². The van der Waals surface area contributed by atoms with Crippen LogP contribution in [0.5, 0.6) is 0 Å². The Morgan fingerprint density at radius 2 is 1.67 bits per heavy atom. The fourth-order valence-electron chi connectivity index (χ4n) is 2.24. The molecule has 21 heavy (non-hydrogen) atoms. The SMILES string of the molecule is CCN(CC)c1ccc(Nc2ccc(N)c(C#N)c2)cc1. The number of nitrogen functional groups attached to an aromatic ring is 1. The third kappa shape index (κ3) is 3.46. The highest BCUT2D eigenvalue weighted by atomic mass is 15.1. The van der Waals surface area contributed by atoms with E-state index in [2.05, 4.69) is 42.3 Å². The van der Waals surface area contributed by atoms with Gasteiger partial charge in [0, 0.05) is 35.8 Å². The molecule has 3 N–H and O–H groups in total. The van der Waals surface area contributed by atoms with E-state index in [0.717, 1.165) is 24.5 Å². The molecule has 2 rings (SSSR count). The summed E-state index contributed by atoms with van der Waals surface area (Å²) in [6.45, 7) is 6.28. The van der Waals surface area contributed by atoms with Crippen molar-refractivity contribution in [1.82, 2.24) is 0 Å². The van der Waals surface area contributed by atoms with E-state index in [1.807, 2.05) is 18.2 Å². The molecule has 0 radical (unpaired) electrons. The minimum atomic E-state index is 0.486. The van der Waals surface area contributed by atoms with Crippen molar-refractivity contribution >= 4 is 22.7 Å². The van der Waals surface area contributed by atoms with E-state index >= 15 is 0 Å². The highest BCUT2D eigenvalue weighted by molar-refractivity contribution is 5.68. The summed E-state index contributed by atoms with van der Waals surface area (Å²) in [6, 6.07) is 15.7. The molecule has 0 saturated heterocycles. The van der Waals surface area contributed by atoms with Crippen molar-refractivity contribution < 1.29 is 0 Å². The monoisotopic (exact) mass is 280 g/mol. The number of nitriles is 1. The van der Waals surface area contributed by atoms with Gasteiger partial charge in [0.05, 0.1) is 5.56 Å². The van der Waals surface area contributed by atoms with Crippen LogP contribution in [0.15, 0.2) is 42.5 Å². The first-order chi connectivity index (χ1) is 10.2. The predicted molar refractivity (Wildman–Crippen MR) is 88.9 cm³/mol. The number of hydrogen-bond donors (Lipinski definition) is 2. The Hall–Kier alpha value is -2.67. The van der Waals surface area contributed by atoms with Gasteiger partial charge in [-0.25, -0.2) is 0 Å². The van der Waals surface area contributed by atoms with E-state index in [1.54, 1.807) is 12.1 Å². The molecule has 0 unspecified atom stereocenters. The Labute approximate surface area is 125 Å². The Morgan fingerprint density at radius 3 is 2.24 bits per heavy atom. The van der Waals surface area contributed by atoms with Crippen molar-refractivity contribution in [2.24, 2.45) is 0 Å². The van der Waals surface area contributed by atoms with Crippen molar-refractivity contribution in [2.45, 2.75) is 13.8 Å². The van der Waals surface area contributed by atoms with Crippen LogP contribution in [0.3, 0.4) is 0 Å². The maximum atomic E-state index is 9.00. The van der Waals surface area contributed by atoms with Gasteiger partial charge in [0.25, 0.3) is 0 Å². The summed E-state index contributed by atoms with van der Waals surface area (Å²) >= 11 is 0. The molecule has 0 spiro atoms. The smallest absolute Gasteiger partial charge is 0.101 e. The van der Waals surface area contributed by atoms with Gasteiger partial charge in [0.15, 0.2) is 0 Å². The molecule has 0 amide bonds. The molecule has 2 aromatic carbocycles. The van der Waals surface area contributed by atoms with E-state index in [9.17, 15) is 0 Å². The first-order valence-electron chi connectivity index (χ1n) is 7.09. The highest BCUT2D eigenvalue weighted by Crippen LogP contribution is 2.23. The molecule has 4 nitrogen and oxygen atoms in total. The van der Waals surface area contributed by atoms with Gasteiger partial charge in [-0.05, 0) is 56.3 Å². The number of benzene rings is 2. The summed E-state index contributed by atoms with van der Waals surface area (Å²) in [5.74, 6) is 0. The molecule has 0 aromatic heterocycles. The van der Waals surface area contributed by atoms with Crippen molar-refractivity contribution in [3.63, 3.8) is 0 Å². The standard InChI is InChI=1S/C17H20N4/c1-3-21(4-2)16-8-5-14(6-9-16)20-15-7-10-17(19)13(11-15)12-18/h5-11,20H,3-4,19H2,1-2H3. The molecule has 0 aliphatic rings. The van der Waals surface area contributed by atoms with Crippen LogP contribution in [0.1, 0.15) is 19.4 Å². The van der Waals surface area contributed by atoms with E-state index in [4.69, 9.17) is 11.0 Å². The van der Waals surface area contributed by atoms with E-state index in [1.165, 1.54) is 5.69 Å². The number of anilines is 4. The maximum Gasteiger partial charge on any atom is 0.101 e. The molecule has 0 saturated carbocycles. The Bertz CT molecular complexity index is 637. The zero-order valence-electron chi connectivity index (χ0n) is 12.4. The molecular weight excluding hydrogens is 260 g/mol. The summed E-state index contributed by atoms with van der Waals surface area (Å²) in [6.07, 6.45) is 0. The van der Waals surface area contributed by atoms with Gasteiger partial charge in [-0.3, -0.25) is 0 Å². The molecule has 0 aliphatic heterocycles. The van der Waals surface area contributed by atoms with Gasteiger partial charge in [-0.1, -0.05) is 0 Å². The van der Waals surface area contributed by atoms with Crippen LogP contribution < -0.4 is 16.0 Å². The molecular formula is C17H20N4. The lowest BCUT2D eigenvalue weighted by Gasteiger charge is -2.21. The first kappa shape index (κ1) is 14.7. The zero-order chi connectivity index (χ0) is 15.2. The molecule has 0 heterocycles. The van der Waals surface area contributed by atoms with Gasteiger partial charge in [-0.2, -0.15) is 5.26 Å². The van der Waals surface area contributed by atoms with Crippen molar-refractivity contribution in [2.75, 3.05) is 29.0 Å². The minimum absolute atomic E-state index is 0.486. The summed E-state index contributed by atoms with van der Waals surface area (Å²) in [7, 11) is 0. The molecule has 0 atom stereocenters. The average molecular weight is 280 g/mol. The molecule has 108 valence electrons. The summed E-state index contributed by atoms with van der Waals surface area (Å²) < 4.78 is 0. The second kappa shape index (κ2) is 6.67. The fraction of sp³-hybridized carbons (Fsp3) is 0.235. The molecule has 2 aromatic rings. The molecule has 4 heteroatoms. The minimum Gasteiger partial charge on any atom is -0.398 e. The molecule has 0 fully saturated rings. The van der Waals surface area contributed by atoms with Crippen LogP contribution in [0.2, 0.25) is 0 Å². The summed E-state index contributed by atoms with van der Waals surface area (Å²) in [4.78, 5) is 2.29. The third-order valence-corrected chi connectivity index (χ3v) is 3.46. The Kier molecular flexibility index (Phi) is 4.68. The normalized spacial score (nSPS) is 9.95. The largest absolute Gasteiger partial charge is 0.398 e. The lowest BCUT2D eigenvalue weighted by molar-refractivity contribution is 0.866. The first-order valence-corrected chi connectivity index (χ1v) is 7.09. The number of nitrogens with one attached hydrogen (secondary N) is 1. The van der Waals surface area contributed by atoms with Crippen molar-refractivity contribution in [3.8, 4) is 6.07 Å². The van der Waals surface area contributed by atoms with Crippen LogP contribution in [0.25, 0.3) is 0 Å². The Balaban J connectivity index is 2.15. The second-order valence-electron chi connectivity index (χ2n) is 4.76. The van der Waals surface area contributed by atoms with Gasteiger partial charge in [0.1, 0.15) is 6.07 Å². The van der Waals surface area contributed by atoms with Crippen LogP contribution in [-0.2, 0) is 0 Å². The topological polar surface area (TPSA) is 65.1 Å². The van der Waals surface area contributed by atoms with Gasteiger partial charge >= 0.3 is 0 Å². The average Bonchev–Trinajstić information content (AvgIpc) is 2.52. The van der Waals surface area contributed by atoms with Gasteiger partial charge in [0.2, 0.25) is 0 Å². The molecule has 0 aliphatic carbocycles. The number of nitrogens with zero attached hydrogens (tertiary/aromatic N) is 2. The third-order valence-electron chi connectivity index (χ3n) is 3.46. The predicted octanol–water partition coefficient (Wildman–Crippen LogP) is 3.73. The lowest BCUT2D eigenvalue weighted by atomic mass is 10.1. The van der Waals surface area contributed by atoms with Crippen LogP contribution in [0.4, 0.5) is 22.7 Å². The van der Waals surface area contributed by atoms with E-state index < -0.39 is 0 Å². The fourth-order valence-corrected chi connectivity index (χ4v) is 2.24. The van der Waals surface area contributed by atoms with E-state index in [0.29, 0.717) is 11.3 Å².